The normalized spacial score (nSPS) is 10.6. The molecule has 0 amide bonds. The van der Waals surface area contributed by atoms with Gasteiger partial charge in [-0.25, -0.2) is 4.98 Å². The minimum atomic E-state index is -0.300. The highest BCUT2D eigenvalue weighted by molar-refractivity contribution is 9.10. The molecule has 3 aromatic rings. The Morgan fingerprint density at radius 1 is 1.24 bits per heavy atom. The van der Waals surface area contributed by atoms with E-state index in [1.54, 1.807) is 49.5 Å². The second-order valence-electron chi connectivity index (χ2n) is 5.38. The fourth-order valence-electron chi connectivity index (χ4n) is 2.41. The first-order valence-corrected chi connectivity index (χ1v) is 8.44. The molecule has 0 radical (unpaired) electrons. The quantitative estimate of drug-likeness (QED) is 0.681. The molecular formula is C18H15BrN4O2. The predicted molar refractivity (Wildman–Crippen MR) is 99.8 cm³/mol. The second kappa shape index (κ2) is 6.98. The van der Waals surface area contributed by atoms with Crippen LogP contribution in [0.1, 0.15) is 23.7 Å². The zero-order chi connectivity index (χ0) is 18.0. The number of halogens is 1. The van der Waals surface area contributed by atoms with Gasteiger partial charge in [-0.15, -0.1) is 0 Å². The maximum atomic E-state index is 12.3. The van der Waals surface area contributed by atoms with Crippen LogP contribution in [-0.2, 0) is 0 Å². The SMILES string of the molecule is CCC(=O)c1cccc(-n2nc(-c3cc(Br)cnc3N)ccc2=O)c1. The first-order chi connectivity index (χ1) is 12.0. The summed E-state index contributed by atoms with van der Waals surface area (Å²) in [5, 5.41) is 4.39. The highest BCUT2D eigenvalue weighted by Gasteiger charge is 2.11. The van der Waals surface area contributed by atoms with Gasteiger partial charge in [0.25, 0.3) is 5.56 Å². The van der Waals surface area contributed by atoms with Crippen LogP contribution in [0.2, 0.25) is 0 Å². The van der Waals surface area contributed by atoms with E-state index < -0.39 is 0 Å². The number of rotatable bonds is 4. The topological polar surface area (TPSA) is 90.9 Å². The minimum absolute atomic E-state index is 0.00601. The summed E-state index contributed by atoms with van der Waals surface area (Å²) in [6, 6.07) is 11.6. The molecule has 0 spiro atoms. The number of ketones is 1. The number of anilines is 1. The summed E-state index contributed by atoms with van der Waals surface area (Å²) in [6.07, 6.45) is 1.99. The summed E-state index contributed by atoms with van der Waals surface area (Å²) in [6.45, 7) is 1.79. The van der Waals surface area contributed by atoms with Crippen molar-refractivity contribution in [3.63, 3.8) is 0 Å². The van der Waals surface area contributed by atoms with Crippen LogP contribution in [0.5, 0.6) is 0 Å². The summed E-state index contributed by atoms with van der Waals surface area (Å²) >= 11 is 3.35. The Morgan fingerprint density at radius 2 is 2.04 bits per heavy atom. The molecular weight excluding hydrogens is 384 g/mol. The Bertz CT molecular complexity index is 1010. The molecule has 3 rings (SSSR count). The van der Waals surface area contributed by atoms with E-state index >= 15 is 0 Å². The maximum absolute atomic E-state index is 12.3. The molecule has 2 aromatic heterocycles. The summed E-state index contributed by atoms with van der Waals surface area (Å²) in [5.74, 6) is 0.322. The first kappa shape index (κ1) is 17.0. The number of Topliss-reactive ketones (excluding diaryl/α,β-unsaturated/α-hetero) is 1. The van der Waals surface area contributed by atoms with E-state index in [0.29, 0.717) is 34.7 Å². The summed E-state index contributed by atoms with van der Waals surface area (Å²) in [7, 11) is 0. The number of nitrogens with zero attached hydrogens (tertiary/aromatic N) is 3. The van der Waals surface area contributed by atoms with E-state index in [1.165, 1.54) is 10.7 Å². The van der Waals surface area contributed by atoms with Gasteiger partial charge in [0.1, 0.15) is 5.82 Å². The van der Waals surface area contributed by atoms with E-state index in [-0.39, 0.29) is 11.3 Å². The number of carbonyl (C=O) groups excluding carboxylic acids is 1. The van der Waals surface area contributed by atoms with Crippen molar-refractivity contribution in [1.82, 2.24) is 14.8 Å². The number of hydrogen-bond acceptors (Lipinski definition) is 5. The lowest BCUT2D eigenvalue weighted by molar-refractivity contribution is 0.0988. The zero-order valence-corrected chi connectivity index (χ0v) is 15.0. The molecule has 0 bridgehead atoms. The van der Waals surface area contributed by atoms with Crippen LogP contribution >= 0.6 is 15.9 Å². The fourth-order valence-corrected chi connectivity index (χ4v) is 2.74. The summed E-state index contributed by atoms with van der Waals surface area (Å²) in [4.78, 5) is 28.3. The van der Waals surface area contributed by atoms with Crippen LogP contribution in [0.15, 0.2) is 57.9 Å². The molecule has 2 heterocycles. The van der Waals surface area contributed by atoms with Crippen molar-refractivity contribution < 1.29 is 4.79 Å². The number of nitrogens with two attached hydrogens (primary N) is 1. The Labute approximate surface area is 152 Å². The van der Waals surface area contributed by atoms with Gasteiger partial charge in [0.15, 0.2) is 5.78 Å². The Balaban J connectivity index is 2.14. The second-order valence-corrected chi connectivity index (χ2v) is 6.30. The van der Waals surface area contributed by atoms with Crippen molar-refractivity contribution in [2.45, 2.75) is 13.3 Å². The average Bonchev–Trinajstić information content (AvgIpc) is 2.63. The van der Waals surface area contributed by atoms with Gasteiger partial charge in [0, 0.05) is 34.3 Å². The van der Waals surface area contributed by atoms with E-state index in [2.05, 4.69) is 26.0 Å². The van der Waals surface area contributed by atoms with Crippen LogP contribution in [0.25, 0.3) is 16.9 Å². The molecule has 0 aliphatic heterocycles. The molecule has 1 aromatic carbocycles. The molecule has 0 fully saturated rings. The number of pyridine rings is 1. The number of aromatic nitrogens is 3. The lowest BCUT2D eigenvalue weighted by Crippen LogP contribution is -2.20. The van der Waals surface area contributed by atoms with E-state index in [4.69, 9.17) is 5.73 Å². The van der Waals surface area contributed by atoms with Gasteiger partial charge in [0.05, 0.1) is 11.4 Å². The van der Waals surface area contributed by atoms with E-state index in [1.807, 2.05) is 0 Å². The monoisotopic (exact) mass is 398 g/mol. The standard InChI is InChI=1S/C18H15BrN4O2/c1-2-16(24)11-4-3-5-13(8-11)23-17(25)7-6-15(22-23)14-9-12(19)10-21-18(14)20/h3-10H,2H2,1H3,(H2,20,21). The van der Waals surface area contributed by atoms with Crippen LogP contribution in [0, 0.1) is 0 Å². The smallest absolute Gasteiger partial charge is 0.271 e. The maximum Gasteiger partial charge on any atom is 0.271 e. The first-order valence-electron chi connectivity index (χ1n) is 7.65. The largest absolute Gasteiger partial charge is 0.383 e. The number of carbonyl (C=O) groups is 1. The molecule has 0 saturated heterocycles. The molecule has 7 heteroatoms. The van der Waals surface area contributed by atoms with E-state index in [9.17, 15) is 9.59 Å². The highest BCUT2D eigenvalue weighted by Crippen LogP contribution is 2.25. The Kier molecular flexibility index (Phi) is 4.76. The average molecular weight is 399 g/mol. The van der Waals surface area contributed by atoms with Crippen LogP contribution in [0.4, 0.5) is 5.82 Å². The molecule has 25 heavy (non-hydrogen) atoms. The predicted octanol–water partition coefficient (Wildman–Crippen LogP) is 3.23. The van der Waals surface area contributed by atoms with Gasteiger partial charge in [0.2, 0.25) is 0 Å². The van der Waals surface area contributed by atoms with Gasteiger partial charge in [-0.2, -0.15) is 9.78 Å². The molecule has 0 atom stereocenters. The number of nitrogen functional groups attached to an aromatic ring is 1. The van der Waals surface area contributed by atoms with Crippen molar-refractivity contribution in [2.24, 2.45) is 0 Å². The van der Waals surface area contributed by atoms with Crippen LogP contribution in [0.3, 0.4) is 0 Å². The Morgan fingerprint density at radius 3 is 2.80 bits per heavy atom. The van der Waals surface area contributed by atoms with Crippen molar-refractivity contribution in [2.75, 3.05) is 5.73 Å². The third kappa shape index (κ3) is 3.51. The lowest BCUT2D eigenvalue weighted by Gasteiger charge is -2.09. The van der Waals surface area contributed by atoms with Crippen molar-refractivity contribution in [3.8, 4) is 16.9 Å². The van der Waals surface area contributed by atoms with Gasteiger partial charge < -0.3 is 5.73 Å². The van der Waals surface area contributed by atoms with E-state index in [0.717, 1.165) is 4.47 Å². The molecule has 2 N–H and O–H groups in total. The highest BCUT2D eigenvalue weighted by atomic mass is 79.9. The van der Waals surface area contributed by atoms with Crippen molar-refractivity contribution >= 4 is 27.5 Å². The van der Waals surface area contributed by atoms with Crippen molar-refractivity contribution in [1.29, 1.82) is 0 Å². The molecule has 0 unspecified atom stereocenters. The van der Waals surface area contributed by atoms with Crippen molar-refractivity contribution in [3.05, 3.63) is 69.1 Å². The molecule has 0 aliphatic carbocycles. The van der Waals surface area contributed by atoms with Gasteiger partial charge in [-0.1, -0.05) is 19.1 Å². The molecule has 126 valence electrons. The third-order valence-electron chi connectivity index (χ3n) is 3.70. The third-order valence-corrected chi connectivity index (χ3v) is 4.13. The minimum Gasteiger partial charge on any atom is -0.383 e. The summed E-state index contributed by atoms with van der Waals surface area (Å²) < 4.78 is 2.01. The lowest BCUT2D eigenvalue weighted by atomic mass is 10.1. The van der Waals surface area contributed by atoms with Crippen LogP contribution in [-0.4, -0.2) is 20.5 Å². The summed E-state index contributed by atoms with van der Waals surface area (Å²) in [5.41, 5.74) is 7.82. The van der Waals surface area contributed by atoms with Gasteiger partial charge in [-0.3, -0.25) is 9.59 Å². The van der Waals surface area contributed by atoms with Gasteiger partial charge >= 0.3 is 0 Å². The Hall–Kier alpha value is -2.80. The van der Waals surface area contributed by atoms with Crippen LogP contribution < -0.4 is 11.3 Å². The zero-order valence-electron chi connectivity index (χ0n) is 13.4. The number of benzene rings is 1. The molecule has 0 saturated carbocycles. The fraction of sp³-hybridized carbons (Fsp3) is 0.111. The van der Waals surface area contributed by atoms with Gasteiger partial charge in [-0.05, 0) is 40.2 Å². The molecule has 0 aliphatic rings. The number of hydrogen-bond donors (Lipinski definition) is 1. The molecule has 6 nitrogen and oxygen atoms in total.